The molecular formula is C12H12N2. The van der Waals surface area contributed by atoms with Crippen LogP contribution in [0.15, 0.2) is 43.1 Å². The Morgan fingerprint density at radius 3 is 3.00 bits per heavy atom. The first kappa shape index (κ1) is 8.91. The molecule has 0 bridgehead atoms. The molecule has 0 unspecified atom stereocenters. The van der Waals surface area contributed by atoms with Gasteiger partial charge in [-0.1, -0.05) is 18.7 Å². The first-order valence-corrected chi connectivity index (χ1v) is 4.54. The maximum absolute atomic E-state index is 5.53. The molecule has 2 aromatic rings. The Labute approximate surface area is 83.1 Å². The largest absolute Gasteiger partial charge is 0.326 e. The highest BCUT2D eigenvalue weighted by Gasteiger charge is 1.98. The van der Waals surface area contributed by atoms with Crippen LogP contribution in [-0.2, 0) is 0 Å². The van der Waals surface area contributed by atoms with Crippen LogP contribution in [0, 0.1) is 0 Å². The van der Waals surface area contributed by atoms with Gasteiger partial charge in [-0.05, 0) is 29.3 Å². The number of aromatic nitrogens is 1. The van der Waals surface area contributed by atoms with Crippen LogP contribution in [0.3, 0.4) is 0 Å². The molecule has 0 amide bonds. The normalized spacial score (nSPS) is 10.4. The van der Waals surface area contributed by atoms with E-state index in [0.717, 1.165) is 22.0 Å². The van der Waals surface area contributed by atoms with Crippen molar-refractivity contribution in [3.63, 3.8) is 0 Å². The zero-order valence-electron chi connectivity index (χ0n) is 7.90. The monoisotopic (exact) mass is 184 g/mol. The lowest BCUT2D eigenvalue weighted by Crippen LogP contribution is -2.00. The third kappa shape index (κ3) is 1.52. The van der Waals surface area contributed by atoms with Crippen molar-refractivity contribution in [2.45, 2.75) is 0 Å². The van der Waals surface area contributed by atoms with Crippen molar-refractivity contribution in [3.8, 4) is 0 Å². The van der Waals surface area contributed by atoms with Crippen molar-refractivity contribution in [3.05, 3.63) is 48.7 Å². The molecule has 0 saturated heterocycles. The molecule has 0 aliphatic carbocycles. The molecule has 0 aliphatic heterocycles. The van der Waals surface area contributed by atoms with E-state index in [4.69, 9.17) is 5.73 Å². The van der Waals surface area contributed by atoms with Crippen LogP contribution >= 0.6 is 0 Å². The smallest absolute Gasteiger partial charge is 0.0702 e. The second-order valence-electron chi connectivity index (χ2n) is 3.22. The topological polar surface area (TPSA) is 38.9 Å². The lowest BCUT2D eigenvalue weighted by atomic mass is 10.1. The number of nitrogens with zero attached hydrogens (tertiary/aromatic N) is 1. The molecule has 1 heterocycles. The Balaban J connectivity index is 2.56. The highest BCUT2D eigenvalue weighted by molar-refractivity contribution is 5.83. The third-order valence-corrected chi connectivity index (χ3v) is 2.26. The molecule has 2 nitrogen and oxygen atoms in total. The van der Waals surface area contributed by atoms with Crippen LogP contribution < -0.4 is 5.73 Å². The van der Waals surface area contributed by atoms with Crippen molar-refractivity contribution >= 4 is 16.5 Å². The molecule has 0 spiro atoms. The lowest BCUT2D eigenvalue weighted by Gasteiger charge is -2.03. The van der Waals surface area contributed by atoms with Crippen molar-refractivity contribution in [1.82, 2.24) is 4.98 Å². The Bertz CT molecular complexity index is 474. The van der Waals surface area contributed by atoms with Gasteiger partial charge in [0.15, 0.2) is 0 Å². The molecule has 2 heteroatoms. The fraction of sp³-hybridized carbons (Fsp3) is 0.0833. The predicted molar refractivity (Wildman–Crippen MR) is 59.8 cm³/mol. The van der Waals surface area contributed by atoms with E-state index in [1.165, 1.54) is 0 Å². The number of hydrogen-bond acceptors (Lipinski definition) is 2. The van der Waals surface area contributed by atoms with Gasteiger partial charge < -0.3 is 5.73 Å². The number of nitrogens with two attached hydrogens (primary N) is 1. The molecule has 0 aliphatic rings. The number of rotatable bonds is 2. The minimum absolute atomic E-state index is 0.492. The summed E-state index contributed by atoms with van der Waals surface area (Å²) < 4.78 is 0. The van der Waals surface area contributed by atoms with Gasteiger partial charge in [0.25, 0.3) is 0 Å². The maximum atomic E-state index is 5.53. The summed E-state index contributed by atoms with van der Waals surface area (Å²) in [6.07, 6.45) is 1.79. The summed E-state index contributed by atoms with van der Waals surface area (Å²) in [5, 5.41) is 1.12. The minimum atomic E-state index is 0.492. The average Bonchev–Trinajstić information content (AvgIpc) is 2.27. The summed E-state index contributed by atoms with van der Waals surface area (Å²) in [5.41, 5.74) is 8.58. The van der Waals surface area contributed by atoms with E-state index < -0.39 is 0 Å². The Morgan fingerprint density at radius 1 is 1.36 bits per heavy atom. The molecule has 0 radical (unpaired) electrons. The fourth-order valence-electron chi connectivity index (χ4n) is 1.41. The Hall–Kier alpha value is -1.67. The standard InChI is InChI=1S/C12H12N2/c1-9(8-13)10-4-5-12-11(7-10)3-2-6-14-12/h2-7H,1,8,13H2. The highest BCUT2D eigenvalue weighted by Crippen LogP contribution is 2.17. The minimum Gasteiger partial charge on any atom is -0.326 e. The van der Waals surface area contributed by atoms with E-state index in [1.54, 1.807) is 6.20 Å². The zero-order chi connectivity index (χ0) is 9.97. The maximum Gasteiger partial charge on any atom is 0.0702 e. The Morgan fingerprint density at radius 2 is 2.21 bits per heavy atom. The van der Waals surface area contributed by atoms with E-state index >= 15 is 0 Å². The molecule has 1 aromatic carbocycles. The molecule has 0 fully saturated rings. The predicted octanol–water partition coefficient (Wildman–Crippen LogP) is 2.21. The lowest BCUT2D eigenvalue weighted by molar-refractivity contribution is 1.27. The SMILES string of the molecule is C=C(CN)c1ccc2ncccc2c1. The van der Waals surface area contributed by atoms with Gasteiger partial charge in [0.05, 0.1) is 5.52 Å². The fourth-order valence-corrected chi connectivity index (χ4v) is 1.41. The summed E-state index contributed by atoms with van der Waals surface area (Å²) in [6.45, 7) is 4.40. The molecule has 2 rings (SSSR count). The molecule has 2 N–H and O–H groups in total. The zero-order valence-corrected chi connectivity index (χ0v) is 7.90. The average molecular weight is 184 g/mol. The second-order valence-corrected chi connectivity index (χ2v) is 3.22. The van der Waals surface area contributed by atoms with E-state index in [1.807, 2.05) is 24.3 Å². The first-order valence-electron chi connectivity index (χ1n) is 4.54. The van der Waals surface area contributed by atoms with Crippen molar-refractivity contribution in [2.24, 2.45) is 5.73 Å². The molecule has 1 aromatic heterocycles. The number of benzene rings is 1. The van der Waals surface area contributed by atoms with Crippen molar-refractivity contribution < 1.29 is 0 Å². The first-order chi connectivity index (χ1) is 6.81. The highest BCUT2D eigenvalue weighted by atomic mass is 14.6. The van der Waals surface area contributed by atoms with Gasteiger partial charge in [-0.25, -0.2) is 0 Å². The van der Waals surface area contributed by atoms with Gasteiger partial charge in [0.2, 0.25) is 0 Å². The summed E-state index contributed by atoms with van der Waals surface area (Å²) in [6, 6.07) is 10.0. The number of fused-ring (bicyclic) bond motifs is 1. The van der Waals surface area contributed by atoms with Crippen LogP contribution in [0.25, 0.3) is 16.5 Å². The van der Waals surface area contributed by atoms with E-state index in [-0.39, 0.29) is 0 Å². The summed E-state index contributed by atoms with van der Waals surface area (Å²) in [4.78, 5) is 4.25. The summed E-state index contributed by atoms with van der Waals surface area (Å²) in [7, 11) is 0. The van der Waals surface area contributed by atoms with Gasteiger partial charge >= 0.3 is 0 Å². The number of hydrogen-bond donors (Lipinski definition) is 1. The molecule has 0 atom stereocenters. The van der Waals surface area contributed by atoms with Crippen molar-refractivity contribution in [1.29, 1.82) is 0 Å². The van der Waals surface area contributed by atoms with E-state index in [0.29, 0.717) is 6.54 Å². The summed E-state index contributed by atoms with van der Waals surface area (Å²) in [5.74, 6) is 0. The second kappa shape index (κ2) is 3.60. The third-order valence-electron chi connectivity index (χ3n) is 2.26. The van der Waals surface area contributed by atoms with Gasteiger partial charge in [0.1, 0.15) is 0 Å². The van der Waals surface area contributed by atoms with Gasteiger partial charge in [-0.3, -0.25) is 4.98 Å². The quantitative estimate of drug-likeness (QED) is 0.777. The van der Waals surface area contributed by atoms with E-state index in [9.17, 15) is 0 Å². The van der Waals surface area contributed by atoms with Crippen LogP contribution in [0.1, 0.15) is 5.56 Å². The molecule has 70 valence electrons. The van der Waals surface area contributed by atoms with Crippen LogP contribution in [0.5, 0.6) is 0 Å². The Kier molecular flexibility index (Phi) is 2.29. The number of pyridine rings is 1. The van der Waals surface area contributed by atoms with Crippen LogP contribution in [0.2, 0.25) is 0 Å². The molecule has 14 heavy (non-hydrogen) atoms. The van der Waals surface area contributed by atoms with Gasteiger partial charge in [-0.2, -0.15) is 0 Å². The van der Waals surface area contributed by atoms with Crippen LogP contribution in [0.4, 0.5) is 0 Å². The molecule has 0 saturated carbocycles. The van der Waals surface area contributed by atoms with Crippen LogP contribution in [-0.4, -0.2) is 11.5 Å². The molecular weight excluding hydrogens is 172 g/mol. The van der Waals surface area contributed by atoms with Gasteiger partial charge in [0, 0.05) is 18.1 Å². The van der Waals surface area contributed by atoms with Gasteiger partial charge in [-0.15, -0.1) is 0 Å². The summed E-state index contributed by atoms with van der Waals surface area (Å²) >= 11 is 0. The van der Waals surface area contributed by atoms with E-state index in [2.05, 4.69) is 17.6 Å². The van der Waals surface area contributed by atoms with Crippen molar-refractivity contribution in [2.75, 3.05) is 6.54 Å².